The van der Waals surface area contributed by atoms with Crippen LogP contribution in [0.15, 0.2) is 0 Å². The quantitative estimate of drug-likeness (QED) is 0.696. The monoisotopic (exact) mass is 305 g/mol. The molecule has 1 heterocycles. The highest BCUT2D eigenvalue weighted by Gasteiger charge is 2.36. The van der Waals surface area contributed by atoms with E-state index in [4.69, 9.17) is 0 Å². The predicted octanol–water partition coefficient (Wildman–Crippen LogP) is 1.82. The molecule has 0 radical (unpaired) electrons. The van der Waals surface area contributed by atoms with Crippen LogP contribution in [0, 0.1) is 0 Å². The molecule has 120 valence electrons. The Morgan fingerprint density at radius 2 is 1.80 bits per heavy atom. The largest absolute Gasteiger partial charge is 0.317 e. The van der Waals surface area contributed by atoms with Crippen molar-refractivity contribution in [2.45, 2.75) is 65.0 Å². The second kappa shape index (κ2) is 8.32. The summed E-state index contributed by atoms with van der Waals surface area (Å²) in [7, 11) is -1.62. The van der Waals surface area contributed by atoms with Gasteiger partial charge in [0, 0.05) is 25.7 Å². The summed E-state index contributed by atoms with van der Waals surface area (Å²) in [5.74, 6) is 0. The van der Waals surface area contributed by atoms with Crippen LogP contribution in [0.25, 0.3) is 0 Å². The molecule has 0 aromatic rings. The van der Waals surface area contributed by atoms with E-state index >= 15 is 0 Å². The van der Waals surface area contributed by atoms with E-state index < -0.39 is 10.2 Å². The van der Waals surface area contributed by atoms with Gasteiger partial charge < -0.3 is 5.32 Å². The molecular weight excluding hydrogens is 274 g/mol. The Morgan fingerprint density at radius 1 is 1.20 bits per heavy atom. The maximum absolute atomic E-state index is 12.7. The van der Waals surface area contributed by atoms with Crippen molar-refractivity contribution in [3.63, 3.8) is 0 Å². The highest BCUT2D eigenvalue weighted by molar-refractivity contribution is 7.86. The van der Waals surface area contributed by atoms with Gasteiger partial charge in [0.05, 0.1) is 0 Å². The Morgan fingerprint density at radius 3 is 2.35 bits per heavy atom. The molecular formula is C14H31N3O2S. The van der Waals surface area contributed by atoms with Crippen LogP contribution in [0.1, 0.15) is 52.9 Å². The molecule has 1 saturated heterocycles. The summed E-state index contributed by atoms with van der Waals surface area (Å²) in [4.78, 5) is 0. The molecule has 2 atom stereocenters. The van der Waals surface area contributed by atoms with Gasteiger partial charge in [-0.2, -0.15) is 17.0 Å². The first-order chi connectivity index (χ1) is 9.41. The van der Waals surface area contributed by atoms with Crippen molar-refractivity contribution in [1.29, 1.82) is 0 Å². The fourth-order valence-corrected chi connectivity index (χ4v) is 4.66. The van der Waals surface area contributed by atoms with Crippen LogP contribution in [0.3, 0.4) is 0 Å². The first kappa shape index (κ1) is 17.9. The summed E-state index contributed by atoms with van der Waals surface area (Å²) in [5.41, 5.74) is 0. The first-order valence-corrected chi connectivity index (χ1v) is 9.26. The SMILES string of the molecule is CCCNCCCN(C)S(=O)(=O)N1C(C)CCCC1C. The van der Waals surface area contributed by atoms with E-state index in [1.165, 1.54) is 4.31 Å². The molecule has 0 spiro atoms. The molecule has 0 amide bonds. The molecule has 0 aliphatic carbocycles. The zero-order valence-corrected chi connectivity index (χ0v) is 14.2. The van der Waals surface area contributed by atoms with Crippen LogP contribution in [-0.2, 0) is 10.2 Å². The van der Waals surface area contributed by atoms with Crippen LogP contribution >= 0.6 is 0 Å². The number of piperidine rings is 1. The topological polar surface area (TPSA) is 52.7 Å². The number of hydrogen-bond acceptors (Lipinski definition) is 3. The molecule has 6 heteroatoms. The molecule has 0 bridgehead atoms. The fourth-order valence-electron chi connectivity index (χ4n) is 2.86. The molecule has 1 N–H and O–H groups in total. The summed E-state index contributed by atoms with van der Waals surface area (Å²) in [6.45, 7) is 8.61. The maximum atomic E-state index is 12.7. The van der Waals surface area contributed by atoms with Crippen molar-refractivity contribution in [3.05, 3.63) is 0 Å². The zero-order valence-electron chi connectivity index (χ0n) is 13.4. The Balaban J connectivity index is 2.53. The van der Waals surface area contributed by atoms with Crippen LogP contribution in [0.5, 0.6) is 0 Å². The van der Waals surface area contributed by atoms with Gasteiger partial charge in [0.25, 0.3) is 10.2 Å². The molecule has 1 aliphatic heterocycles. The smallest absolute Gasteiger partial charge is 0.282 e. The van der Waals surface area contributed by atoms with Crippen LogP contribution in [0.4, 0.5) is 0 Å². The van der Waals surface area contributed by atoms with Crippen molar-refractivity contribution in [2.24, 2.45) is 0 Å². The standard InChI is InChI=1S/C14H31N3O2S/c1-5-10-15-11-7-12-16(4)20(18,19)17-13(2)8-6-9-14(17)3/h13-15H,5-12H2,1-4H3. The molecule has 1 fully saturated rings. The molecule has 0 aromatic carbocycles. The molecule has 1 aliphatic rings. The lowest BCUT2D eigenvalue weighted by atomic mass is 10.0. The minimum Gasteiger partial charge on any atom is -0.317 e. The molecule has 1 rings (SSSR count). The first-order valence-electron chi connectivity index (χ1n) is 7.86. The van der Waals surface area contributed by atoms with Gasteiger partial charge in [-0.15, -0.1) is 0 Å². The van der Waals surface area contributed by atoms with Crippen molar-refractivity contribution < 1.29 is 8.42 Å². The van der Waals surface area contributed by atoms with Gasteiger partial charge in [-0.3, -0.25) is 0 Å². The summed E-state index contributed by atoms with van der Waals surface area (Å²) < 4.78 is 28.5. The predicted molar refractivity (Wildman–Crippen MR) is 83.9 cm³/mol. The van der Waals surface area contributed by atoms with Gasteiger partial charge in [0.2, 0.25) is 0 Å². The molecule has 2 unspecified atom stereocenters. The van der Waals surface area contributed by atoms with E-state index in [1.54, 1.807) is 11.4 Å². The second-order valence-electron chi connectivity index (χ2n) is 5.89. The molecule has 0 saturated carbocycles. The Hall–Kier alpha value is -0.170. The minimum absolute atomic E-state index is 0.115. The number of rotatable bonds is 8. The van der Waals surface area contributed by atoms with Gasteiger partial charge in [0.15, 0.2) is 0 Å². The van der Waals surface area contributed by atoms with E-state index in [0.717, 1.165) is 45.2 Å². The second-order valence-corrected chi connectivity index (χ2v) is 7.83. The average Bonchev–Trinajstić information content (AvgIpc) is 2.37. The molecule has 5 nitrogen and oxygen atoms in total. The Labute approximate surface area is 124 Å². The van der Waals surface area contributed by atoms with E-state index in [1.807, 2.05) is 13.8 Å². The lowest BCUT2D eigenvalue weighted by molar-refractivity contribution is 0.191. The van der Waals surface area contributed by atoms with Crippen molar-refractivity contribution in [1.82, 2.24) is 13.9 Å². The highest BCUT2D eigenvalue weighted by atomic mass is 32.2. The van der Waals surface area contributed by atoms with Gasteiger partial charge in [-0.1, -0.05) is 13.3 Å². The van der Waals surface area contributed by atoms with Gasteiger partial charge in [0.1, 0.15) is 0 Å². The van der Waals surface area contributed by atoms with E-state index in [9.17, 15) is 8.42 Å². The Kier molecular flexibility index (Phi) is 7.43. The highest BCUT2D eigenvalue weighted by Crippen LogP contribution is 2.26. The summed E-state index contributed by atoms with van der Waals surface area (Å²) in [5, 5.41) is 3.30. The Bertz CT molecular complexity index is 363. The van der Waals surface area contributed by atoms with Gasteiger partial charge in [-0.25, -0.2) is 0 Å². The summed E-state index contributed by atoms with van der Waals surface area (Å²) in [6, 6.07) is 0.230. The maximum Gasteiger partial charge on any atom is 0.282 e. The van der Waals surface area contributed by atoms with Gasteiger partial charge >= 0.3 is 0 Å². The number of hydrogen-bond donors (Lipinski definition) is 1. The fraction of sp³-hybridized carbons (Fsp3) is 1.00. The van der Waals surface area contributed by atoms with Crippen LogP contribution in [-0.4, -0.2) is 55.8 Å². The van der Waals surface area contributed by atoms with E-state index in [0.29, 0.717) is 6.54 Å². The zero-order chi connectivity index (χ0) is 15.2. The third-order valence-corrected chi connectivity index (χ3v) is 6.25. The normalized spacial score (nSPS) is 25.2. The van der Waals surface area contributed by atoms with Gasteiger partial charge in [-0.05, 0) is 52.6 Å². The average molecular weight is 305 g/mol. The lowest BCUT2D eigenvalue weighted by Gasteiger charge is -2.39. The van der Waals surface area contributed by atoms with Crippen molar-refractivity contribution in [2.75, 3.05) is 26.7 Å². The van der Waals surface area contributed by atoms with E-state index in [2.05, 4.69) is 12.2 Å². The van der Waals surface area contributed by atoms with Crippen molar-refractivity contribution >= 4 is 10.2 Å². The van der Waals surface area contributed by atoms with Crippen LogP contribution < -0.4 is 5.32 Å². The third kappa shape index (κ3) is 4.69. The minimum atomic E-state index is -3.31. The number of nitrogens with zero attached hydrogens (tertiary/aromatic N) is 2. The van der Waals surface area contributed by atoms with Crippen LogP contribution in [0.2, 0.25) is 0 Å². The summed E-state index contributed by atoms with van der Waals surface area (Å²) >= 11 is 0. The third-order valence-electron chi connectivity index (χ3n) is 4.03. The van der Waals surface area contributed by atoms with Crippen molar-refractivity contribution in [3.8, 4) is 0 Å². The summed E-state index contributed by atoms with van der Waals surface area (Å²) in [6.07, 6.45) is 5.02. The molecule has 20 heavy (non-hydrogen) atoms. The molecule has 0 aromatic heterocycles. The van der Waals surface area contributed by atoms with E-state index in [-0.39, 0.29) is 12.1 Å². The lowest BCUT2D eigenvalue weighted by Crippen LogP contribution is -2.52. The number of nitrogens with one attached hydrogen (secondary N) is 1.